The molecule has 0 saturated heterocycles. The maximum absolute atomic E-state index is 13.5. The first-order chi connectivity index (χ1) is 17.4. The smallest absolute Gasteiger partial charge is 0.303 e. The molecule has 2 N–H and O–H groups in total. The van der Waals surface area contributed by atoms with Gasteiger partial charge in [0.15, 0.2) is 5.71 Å². The summed E-state index contributed by atoms with van der Waals surface area (Å²) in [4.78, 5) is 23.6. The van der Waals surface area contributed by atoms with E-state index in [0.717, 1.165) is 27.4 Å². The van der Waals surface area contributed by atoms with Crippen LogP contribution in [0.5, 0.6) is 0 Å². The fourth-order valence-corrected chi connectivity index (χ4v) is 5.55. The number of amides is 1. The Morgan fingerprint density at radius 2 is 1.69 bits per heavy atom. The molecule has 3 heterocycles. The van der Waals surface area contributed by atoms with E-state index in [1.54, 1.807) is 0 Å². The molecule has 4 aromatic rings. The maximum Gasteiger partial charge on any atom is 0.303 e. The Hall–Kier alpha value is -3.73. The van der Waals surface area contributed by atoms with E-state index in [1.165, 1.54) is 27.7 Å². The third-order valence-corrected chi connectivity index (χ3v) is 7.92. The van der Waals surface area contributed by atoms with Crippen molar-refractivity contribution in [2.75, 3.05) is 17.0 Å². The van der Waals surface area contributed by atoms with Crippen LogP contribution in [0.2, 0.25) is 0 Å². The average Bonchev–Trinajstić information content (AvgIpc) is 3.61. The van der Waals surface area contributed by atoms with Crippen molar-refractivity contribution < 1.29 is 9.90 Å². The fraction of sp³-hybridized carbons (Fsp3) is 0.192. The van der Waals surface area contributed by atoms with Crippen molar-refractivity contribution in [3.8, 4) is 11.3 Å². The number of hydrazone groups is 2. The number of aliphatic hydroxyl groups is 1. The molecule has 10 heteroatoms. The molecule has 1 aliphatic heterocycles. The Bertz CT molecular complexity index is 1460. The molecule has 0 unspecified atom stereocenters. The zero-order valence-electron chi connectivity index (χ0n) is 20.0. The topological polar surface area (TPSA) is 103 Å². The van der Waals surface area contributed by atoms with Gasteiger partial charge in [0.1, 0.15) is 5.71 Å². The second kappa shape index (κ2) is 9.73. The van der Waals surface area contributed by atoms with Crippen LogP contribution in [-0.4, -0.2) is 39.0 Å². The summed E-state index contributed by atoms with van der Waals surface area (Å²) in [5.41, 5.74) is 6.48. The number of aliphatic hydroxyl groups excluding tert-OH is 1. The highest BCUT2D eigenvalue weighted by Gasteiger charge is 2.36. The Morgan fingerprint density at radius 1 is 1.03 bits per heavy atom. The molecule has 0 atom stereocenters. The summed E-state index contributed by atoms with van der Waals surface area (Å²) >= 11 is 2.75. The van der Waals surface area contributed by atoms with Crippen molar-refractivity contribution in [2.45, 2.75) is 26.2 Å². The van der Waals surface area contributed by atoms with Crippen molar-refractivity contribution >= 4 is 50.3 Å². The van der Waals surface area contributed by atoms with Crippen LogP contribution in [-0.2, 0) is 10.2 Å². The number of aryl methyl sites for hydroxylation is 1. The molecule has 36 heavy (non-hydrogen) atoms. The number of nitrogens with one attached hydrogen (secondary N) is 1. The highest BCUT2D eigenvalue weighted by molar-refractivity contribution is 7.16. The average molecular weight is 517 g/mol. The first kappa shape index (κ1) is 24.0. The van der Waals surface area contributed by atoms with Crippen molar-refractivity contribution in [3.63, 3.8) is 0 Å². The van der Waals surface area contributed by atoms with Crippen LogP contribution in [0, 0.1) is 6.92 Å². The number of nitrogens with zero attached hydrogens (tertiary/aromatic N) is 5. The summed E-state index contributed by atoms with van der Waals surface area (Å²) in [5, 5.41) is 23.0. The first-order valence-electron chi connectivity index (χ1n) is 11.3. The molecular formula is C26H24N6O2S2. The van der Waals surface area contributed by atoms with E-state index < -0.39 is 5.41 Å². The van der Waals surface area contributed by atoms with E-state index in [1.807, 2.05) is 86.8 Å². The molecule has 0 spiro atoms. The van der Waals surface area contributed by atoms with Gasteiger partial charge in [-0.1, -0.05) is 85.8 Å². The van der Waals surface area contributed by atoms with E-state index in [4.69, 9.17) is 0 Å². The van der Waals surface area contributed by atoms with Gasteiger partial charge in [0.25, 0.3) is 0 Å². The summed E-state index contributed by atoms with van der Waals surface area (Å²) in [6, 6.07) is 19.3. The quantitative estimate of drug-likeness (QED) is 0.334. The predicted molar refractivity (Wildman–Crippen MR) is 146 cm³/mol. The van der Waals surface area contributed by atoms with Crippen molar-refractivity contribution in [3.05, 3.63) is 82.2 Å². The zero-order chi connectivity index (χ0) is 25.3. The lowest BCUT2D eigenvalue weighted by molar-refractivity contribution is -0.112. The van der Waals surface area contributed by atoms with Crippen LogP contribution in [0.25, 0.3) is 11.3 Å². The van der Waals surface area contributed by atoms with Crippen LogP contribution in [0.3, 0.4) is 0 Å². The largest absolute Gasteiger partial charge is 0.395 e. The first-order valence-corrected chi connectivity index (χ1v) is 13.0. The Balaban J connectivity index is 1.48. The van der Waals surface area contributed by atoms with E-state index in [2.05, 4.69) is 25.6 Å². The molecule has 5 rings (SSSR count). The third kappa shape index (κ3) is 4.58. The SMILES string of the molecule is Cc1nc(N/N=C2\C(=O)N(c3nc(-c4ccccc4)cs3)N=C2c2ccccc2)sc1C(C)(C)CO. The van der Waals surface area contributed by atoms with Crippen LogP contribution in [0.15, 0.2) is 76.2 Å². The second-order valence-corrected chi connectivity index (χ2v) is 10.7. The lowest BCUT2D eigenvalue weighted by Crippen LogP contribution is -2.28. The molecule has 0 bridgehead atoms. The lowest BCUT2D eigenvalue weighted by Gasteiger charge is -2.19. The highest BCUT2D eigenvalue weighted by atomic mass is 32.1. The molecule has 1 amide bonds. The lowest BCUT2D eigenvalue weighted by atomic mass is 9.92. The highest BCUT2D eigenvalue weighted by Crippen LogP contribution is 2.34. The molecule has 0 fully saturated rings. The number of hydrogen-bond donors (Lipinski definition) is 2. The summed E-state index contributed by atoms with van der Waals surface area (Å²) < 4.78 is 0. The second-order valence-electron chi connectivity index (χ2n) is 8.86. The van der Waals surface area contributed by atoms with Crippen LogP contribution >= 0.6 is 22.7 Å². The van der Waals surface area contributed by atoms with Gasteiger partial charge in [-0.15, -0.1) is 11.3 Å². The van der Waals surface area contributed by atoms with Crippen molar-refractivity contribution in [1.29, 1.82) is 0 Å². The van der Waals surface area contributed by atoms with Gasteiger partial charge in [-0.2, -0.15) is 15.2 Å². The van der Waals surface area contributed by atoms with Crippen molar-refractivity contribution in [1.82, 2.24) is 9.97 Å². The summed E-state index contributed by atoms with van der Waals surface area (Å²) in [5.74, 6) is -0.375. The fourth-order valence-electron chi connectivity index (χ4n) is 3.77. The molecule has 8 nitrogen and oxygen atoms in total. The van der Waals surface area contributed by atoms with Gasteiger partial charge in [0.2, 0.25) is 10.3 Å². The van der Waals surface area contributed by atoms with E-state index in [-0.39, 0.29) is 18.2 Å². The normalized spacial score (nSPS) is 15.0. The Kier molecular flexibility index (Phi) is 6.48. The standard InChI is InChI=1S/C26H24N6O2S2/c1-16-22(26(2,3)15-33)36-24(27-16)30-29-21-20(18-12-8-5-9-13-18)31-32(23(21)34)25-28-19(14-35-25)17-10-6-4-7-11-17/h4-14,33H,15H2,1-3H3,(H,27,30)/b29-21-. The number of anilines is 2. The monoisotopic (exact) mass is 516 g/mol. The van der Waals surface area contributed by atoms with Crippen LogP contribution in [0.1, 0.15) is 30.0 Å². The van der Waals surface area contributed by atoms with Crippen molar-refractivity contribution in [2.24, 2.45) is 10.2 Å². The molecule has 2 aromatic carbocycles. The van der Waals surface area contributed by atoms with Gasteiger partial charge in [0.05, 0.1) is 18.0 Å². The molecule has 2 aromatic heterocycles. The summed E-state index contributed by atoms with van der Waals surface area (Å²) in [6.45, 7) is 5.81. The number of carbonyl (C=O) groups excluding carboxylic acids is 1. The number of rotatable bonds is 7. The van der Waals surface area contributed by atoms with Gasteiger partial charge in [-0.05, 0) is 6.92 Å². The number of carbonyl (C=O) groups is 1. The minimum absolute atomic E-state index is 0.00103. The van der Waals surface area contributed by atoms with Gasteiger partial charge in [-0.25, -0.2) is 9.97 Å². The van der Waals surface area contributed by atoms with E-state index in [0.29, 0.717) is 16.0 Å². The van der Waals surface area contributed by atoms with Gasteiger partial charge in [-0.3, -0.25) is 10.2 Å². The van der Waals surface area contributed by atoms with Gasteiger partial charge >= 0.3 is 5.91 Å². The third-order valence-electron chi connectivity index (χ3n) is 5.68. The number of hydrogen-bond acceptors (Lipinski definition) is 9. The molecule has 1 aliphatic rings. The van der Waals surface area contributed by atoms with E-state index >= 15 is 0 Å². The molecule has 182 valence electrons. The Labute approximate surface area is 216 Å². The molecular weight excluding hydrogens is 492 g/mol. The molecule has 0 aliphatic carbocycles. The minimum atomic E-state index is -0.424. The Morgan fingerprint density at radius 3 is 2.36 bits per heavy atom. The number of aromatic nitrogens is 2. The van der Waals surface area contributed by atoms with Gasteiger partial charge < -0.3 is 5.11 Å². The minimum Gasteiger partial charge on any atom is -0.395 e. The number of benzene rings is 2. The predicted octanol–water partition coefficient (Wildman–Crippen LogP) is 5.06. The summed E-state index contributed by atoms with van der Waals surface area (Å²) in [6.07, 6.45) is 0. The van der Waals surface area contributed by atoms with Crippen LogP contribution in [0.4, 0.5) is 10.3 Å². The van der Waals surface area contributed by atoms with E-state index in [9.17, 15) is 9.90 Å². The van der Waals surface area contributed by atoms with Crippen LogP contribution < -0.4 is 10.4 Å². The molecule has 0 radical (unpaired) electrons. The maximum atomic E-state index is 13.5. The zero-order valence-corrected chi connectivity index (χ0v) is 21.6. The summed E-state index contributed by atoms with van der Waals surface area (Å²) in [7, 11) is 0. The van der Waals surface area contributed by atoms with Gasteiger partial charge in [0, 0.05) is 26.8 Å². The number of thiazole rings is 2. The molecule has 0 saturated carbocycles.